The Balaban J connectivity index is 1.34. The molecule has 0 spiro atoms. The first-order chi connectivity index (χ1) is 16.4. The van der Waals surface area contributed by atoms with Gasteiger partial charge in [0.25, 0.3) is 5.91 Å². The standard InChI is InChI=1S/C23H33N5O6/c24-6-12-33-14-15-34-13-11-26-7-9-27(10-8-26)19-3-1-2-17-18(19)16-28(32,23(17)31)20-4-5-21(29)25-22(20)30/h1-3,20H,4-16,24H2,(H,25,29,30). The second-order valence-electron chi connectivity index (χ2n) is 8.87. The van der Waals surface area contributed by atoms with Gasteiger partial charge >= 0.3 is 5.91 Å². The van der Waals surface area contributed by atoms with E-state index in [4.69, 9.17) is 15.2 Å². The van der Waals surface area contributed by atoms with E-state index in [9.17, 15) is 19.6 Å². The lowest BCUT2D eigenvalue weighted by Gasteiger charge is -2.43. The predicted octanol–water partition coefficient (Wildman–Crippen LogP) is -0.426. The van der Waals surface area contributed by atoms with Crippen molar-refractivity contribution in [1.82, 2.24) is 10.2 Å². The van der Waals surface area contributed by atoms with Crippen LogP contribution in [0.2, 0.25) is 0 Å². The number of fused-ring (bicyclic) bond motifs is 1. The Morgan fingerprint density at radius 2 is 1.79 bits per heavy atom. The third-order valence-electron chi connectivity index (χ3n) is 6.73. The second-order valence-corrected chi connectivity index (χ2v) is 8.87. The molecule has 3 N–H and O–H groups in total. The van der Waals surface area contributed by atoms with Crippen LogP contribution in [0.3, 0.4) is 0 Å². The Morgan fingerprint density at radius 3 is 2.50 bits per heavy atom. The maximum atomic E-state index is 13.6. The number of ether oxygens (including phenoxy) is 2. The minimum absolute atomic E-state index is 0.0710. The van der Waals surface area contributed by atoms with Crippen LogP contribution in [0.1, 0.15) is 28.8 Å². The summed E-state index contributed by atoms with van der Waals surface area (Å²) in [6.07, 6.45) is 0.157. The summed E-state index contributed by atoms with van der Waals surface area (Å²) in [5.74, 6) is -1.66. The number of rotatable bonds is 10. The van der Waals surface area contributed by atoms with Crippen LogP contribution in [0, 0.1) is 5.21 Å². The van der Waals surface area contributed by atoms with E-state index in [1.54, 1.807) is 12.1 Å². The van der Waals surface area contributed by atoms with E-state index < -0.39 is 28.4 Å². The molecule has 0 radical (unpaired) electrons. The number of benzene rings is 1. The molecule has 3 aliphatic heterocycles. The molecule has 0 aliphatic carbocycles. The van der Waals surface area contributed by atoms with E-state index in [0.29, 0.717) is 44.1 Å². The smallest absolute Gasteiger partial charge is 0.347 e. The lowest BCUT2D eigenvalue weighted by atomic mass is 10.0. The van der Waals surface area contributed by atoms with Crippen LogP contribution in [0.5, 0.6) is 0 Å². The van der Waals surface area contributed by atoms with Crippen LogP contribution in [0.15, 0.2) is 18.2 Å². The van der Waals surface area contributed by atoms with Crippen molar-refractivity contribution < 1.29 is 28.5 Å². The molecule has 2 atom stereocenters. The Hall–Kier alpha value is -2.41. The van der Waals surface area contributed by atoms with Crippen molar-refractivity contribution in [3.63, 3.8) is 0 Å². The van der Waals surface area contributed by atoms with Crippen molar-refractivity contribution in [2.45, 2.75) is 25.4 Å². The number of nitrogens with zero attached hydrogens (tertiary/aromatic N) is 3. The highest BCUT2D eigenvalue weighted by Gasteiger charge is 2.50. The van der Waals surface area contributed by atoms with Crippen LogP contribution >= 0.6 is 0 Å². The van der Waals surface area contributed by atoms with Crippen molar-refractivity contribution in [1.29, 1.82) is 0 Å². The highest BCUT2D eigenvalue weighted by molar-refractivity contribution is 6.02. The van der Waals surface area contributed by atoms with Gasteiger partial charge in [-0.25, -0.2) is 4.79 Å². The highest BCUT2D eigenvalue weighted by atomic mass is 16.6. The molecule has 3 aliphatic rings. The largest absolute Gasteiger partial charge is 0.624 e. The number of hydroxylamine groups is 3. The average molecular weight is 476 g/mol. The summed E-state index contributed by atoms with van der Waals surface area (Å²) in [5.41, 5.74) is 7.33. The van der Waals surface area contributed by atoms with Crippen molar-refractivity contribution in [2.75, 3.05) is 70.6 Å². The number of hydrogen-bond donors (Lipinski definition) is 2. The minimum Gasteiger partial charge on any atom is -0.624 e. The zero-order valence-corrected chi connectivity index (χ0v) is 19.4. The maximum Gasteiger partial charge on any atom is 0.347 e. The number of piperazine rings is 1. The first-order valence-electron chi connectivity index (χ1n) is 11.9. The number of amides is 3. The van der Waals surface area contributed by atoms with Gasteiger partial charge in [-0.1, -0.05) is 6.07 Å². The van der Waals surface area contributed by atoms with E-state index in [2.05, 4.69) is 15.1 Å². The summed E-state index contributed by atoms with van der Waals surface area (Å²) in [6.45, 7) is 6.72. The number of quaternary nitrogens is 1. The normalized spacial score (nSPS) is 25.5. The van der Waals surface area contributed by atoms with Gasteiger partial charge in [0.2, 0.25) is 5.91 Å². The minimum atomic E-state index is -1.25. The maximum absolute atomic E-state index is 13.6. The van der Waals surface area contributed by atoms with Gasteiger partial charge in [-0.3, -0.25) is 24.5 Å². The third-order valence-corrected chi connectivity index (χ3v) is 6.73. The van der Waals surface area contributed by atoms with Crippen LogP contribution in [0.4, 0.5) is 5.69 Å². The molecule has 34 heavy (non-hydrogen) atoms. The van der Waals surface area contributed by atoms with Crippen LogP contribution in [0.25, 0.3) is 0 Å². The summed E-state index contributed by atoms with van der Waals surface area (Å²) >= 11 is 0. The van der Waals surface area contributed by atoms with Gasteiger partial charge in [0.15, 0.2) is 6.04 Å². The second kappa shape index (κ2) is 10.9. The first kappa shape index (κ1) is 24.7. The van der Waals surface area contributed by atoms with Gasteiger partial charge in [0.05, 0.1) is 32.0 Å². The molecule has 3 amide bonds. The number of carbonyl (C=O) groups is 3. The van der Waals surface area contributed by atoms with Gasteiger partial charge in [-0.15, -0.1) is 0 Å². The van der Waals surface area contributed by atoms with Gasteiger partial charge in [-0.05, 0) is 12.1 Å². The number of nitrogens with one attached hydrogen (secondary N) is 1. The molecule has 4 rings (SSSR count). The highest BCUT2D eigenvalue weighted by Crippen LogP contribution is 2.39. The predicted molar refractivity (Wildman–Crippen MR) is 124 cm³/mol. The monoisotopic (exact) mass is 475 g/mol. The van der Waals surface area contributed by atoms with Crippen molar-refractivity contribution in [3.8, 4) is 0 Å². The topological polar surface area (TPSA) is 137 Å². The Kier molecular flexibility index (Phi) is 7.91. The molecule has 11 nitrogen and oxygen atoms in total. The number of hydrogen-bond acceptors (Lipinski definition) is 9. The van der Waals surface area contributed by atoms with E-state index in [-0.39, 0.29) is 19.4 Å². The molecule has 2 unspecified atom stereocenters. The van der Waals surface area contributed by atoms with Crippen molar-refractivity contribution >= 4 is 23.4 Å². The molecule has 1 aromatic rings. The first-order valence-corrected chi connectivity index (χ1v) is 11.9. The lowest BCUT2D eigenvalue weighted by molar-refractivity contribution is -0.825. The fourth-order valence-corrected chi connectivity index (χ4v) is 4.89. The van der Waals surface area contributed by atoms with E-state index in [0.717, 1.165) is 38.4 Å². The number of imide groups is 1. The molecule has 1 aromatic carbocycles. The zero-order chi connectivity index (χ0) is 24.1. The van der Waals surface area contributed by atoms with Gasteiger partial charge in [-0.2, -0.15) is 0 Å². The Morgan fingerprint density at radius 1 is 1.06 bits per heavy atom. The molecular weight excluding hydrogens is 442 g/mol. The number of nitrogens with two attached hydrogens (primary N) is 1. The zero-order valence-electron chi connectivity index (χ0n) is 19.4. The molecule has 2 saturated heterocycles. The van der Waals surface area contributed by atoms with Gasteiger partial charge in [0.1, 0.15) is 6.54 Å². The van der Waals surface area contributed by atoms with Crippen LogP contribution in [-0.4, -0.2) is 99.0 Å². The fraction of sp³-hybridized carbons (Fsp3) is 0.609. The van der Waals surface area contributed by atoms with E-state index in [1.165, 1.54) is 0 Å². The lowest BCUT2D eigenvalue weighted by Crippen LogP contribution is -2.60. The molecule has 3 heterocycles. The SMILES string of the molecule is NCCOCCOCCN1CCN(c2cccc3c2C[N+]([O-])(C2CCC(=O)NC2=O)C3=O)CC1. The molecule has 2 fully saturated rings. The number of carbonyl (C=O) groups excluding carboxylic acids is 3. The summed E-state index contributed by atoms with van der Waals surface area (Å²) in [7, 11) is 0. The van der Waals surface area contributed by atoms with Gasteiger partial charge < -0.3 is 25.3 Å². The molecule has 186 valence electrons. The summed E-state index contributed by atoms with van der Waals surface area (Å²) in [6, 6.07) is 4.30. The average Bonchev–Trinajstić information content (AvgIpc) is 3.09. The molecular formula is C23H33N5O6. The van der Waals surface area contributed by atoms with Crippen molar-refractivity contribution in [2.24, 2.45) is 5.73 Å². The van der Waals surface area contributed by atoms with Crippen LogP contribution < -0.4 is 16.0 Å². The molecule has 0 aromatic heterocycles. The summed E-state index contributed by atoms with van der Waals surface area (Å²) in [4.78, 5) is 41.5. The summed E-state index contributed by atoms with van der Waals surface area (Å²) < 4.78 is 9.65. The van der Waals surface area contributed by atoms with Crippen molar-refractivity contribution in [3.05, 3.63) is 34.5 Å². The Bertz CT molecular complexity index is 919. The molecule has 0 saturated carbocycles. The Labute approximate surface area is 198 Å². The van der Waals surface area contributed by atoms with Gasteiger partial charge in [0, 0.05) is 63.4 Å². The van der Waals surface area contributed by atoms with Crippen LogP contribution in [-0.2, 0) is 25.6 Å². The van der Waals surface area contributed by atoms with E-state index in [1.807, 2.05) is 6.07 Å². The number of piperidine rings is 1. The fourth-order valence-electron chi connectivity index (χ4n) is 4.89. The third kappa shape index (κ3) is 5.14. The van der Waals surface area contributed by atoms with E-state index >= 15 is 0 Å². The quantitative estimate of drug-likeness (QED) is 0.200. The molecule has 0 bridgehead atoms. The summed E-state index contributed by atoms with van der Waals surface area (Å²) in [5, 5.41) is 15.9. The molecule has 11 heteroatoms. The number of anilines is 1.